The zero-order valence-corrected chi connectivity index (χ0v) is 14.3. The molecule has 0 spiro atoms. The maximum Gasteiger partial charge on any atom is 0.335 e. The van der Waals surface area contributed by atoms with Gasteiger partial charge in [-0.3, -0.25) is 0 Å². The molecule has 0 aliphatic rings. The number of rotatable bonds is 3. The van der Waals surface area contributed by atoms with Crippen molar-refractivity contribution in [3.8, 4) is 22.8 Å². The Bertz CT molecular complexity index is 972. The molecule has 1 aromatic heterocycles. The normalized spacial score (nSPS) is 10.9. The number of carbonyl (C=O) groups is 1. The number of nitrogens with zero attached hydrogens (tertiary/aromatic N) is 2. The second kappa shape index (κ2) is 6.12. The van der Waals surface area contributed by atoms with Gasteiger partial charge in [0.25, 0.3) is 5.89 Å². The van der Waals surface area contributed by atoms with E-state index in [0.717, 1.165) is 11.1 Å². The van der Waals surface area contributed by atoms with Crippen LogP contribution in [0.1, 0.15) is 32.6 Å². The number of hydrogen-bond donors (Lipinski definition) is 1. The van der Waals surface area contributed by atoms with Crippen molar-refractivity contribution in [3.63, 3.8) is 0 Å². The number of aromatic nitrogens is 2. The first kappa shape index (κ1) is 16.8. The molecule has 0 saturated carbocycles. The van der Waals surface area contributed by atoms with E-state index in [1.807, 2.05) is 13.8 Å². The van der Waals surface area contributed by atoms with E-state index in [-0.39, 0.29) is 22.8 Å². The highest BCUT2D eigenvalue weighted by atomic mass is 19.1. The van der Waals surface area contributed by atoms with Gasteiger partial charge in [-0.2, -0.15) is 4.98 Å². The average molecular weight is 340 g/mol. The van der Waals surface area contributed by atoms with E-state index < -0.39 is 11.8 Å². The first-order chi connectivity index (χ1) is 11.8. The third-order valence-electron chi connectivity index (χ3n) is 4.42. The van der Waals surface area contributed by atoms with Gasteiger partial charge in [-0.05, 0) is 62.1 Å². The van der Waals surface area contributed by atoms with Gasteiger partial charge in [0.15, 0.2) is 0 Å². The van der Waals surface area contributed by atoms with Gasteiger partial charge in [0.05, 0.1) is 11.1 Å². The smallest absolute Gasteiger partial charge is 0.335 e. The second-order valence-corrected chi connectivity index (χ2v) is 6.03. The van der Waals surface area contributed by atoms with Gasteiger partial charge in [-0.15, -0.1) is 0 Å². The standard InChI is InChI=1S/C19H17FN2O3/c1-9-6-5-7-14(20)15(9)18-21-17(22-25-18)16-11(3)10(2)8-13(12(16)4)19(23)24/h5-8H,1-4H3,(H,23,24). The maximum absolute atomic E-state index is 14.1. The molecule has 1 heterocycles. The zero-order valence-electron chi connectivity index (χ0n) is 14.3. The van der Waals surface area contributed by atoms with Crippen LogP contribution in [0, 0.1) is 33.5 Å². The van der Waals surface area contributed by atoms with E-state index in [1.165, 1.54) is 6.07 Å². The van der Waals surface area contributed by atoms with E-state index in [9.17, 15) is 14.3 Å². The third kappa shape index (κ3) is 2.80. The molecule has 1 N–H and O–H groups in total. The molecule has 128 valence electrons. The van der Waals surface area contributed by atoms with E-state index in [2.05, 4.69) is 10.1 Å². The van der Waals surface area contributed by atoms with Crippen molar-refractivity contribution >= 4 is 5.97 Å². The number of benzene rings is 2. The Labute approximate surface area is 144 Å². The largest absolute Gasteiger partial charge is 0.478 e. The van der Waals surface area contributed by atoms with Crippen LogP contribution in [0.3, 0.4) is 0 Å². The molecule has 25 heavy (non-hydrogen) atoms. The van der Waals surface area contributed by atoms with Crippen LogP contribution in [0.2, 0.25) is 0 Å². The predicted molar refractivity (Wildman–Crippen MR) is 91.0 cm³/mol. The number of aromatic carboxylic acids is 1. The van der Waals surface area contributed by atoms with Crippen LogP contribution in [0.25, 0.3) is 22.8 Å². The zero-order chi connectivity index (χ0) is 18.3. The molecular formula is C19H17FN2O3. The van der Waals surface area contributed by atoms with Crippen LogP contribution < -0.4 is 0 Å². The molecule has 0 bridgehead atoms. The molecule has 0 atom stereocenters. The summed E-state index contributed by atoms with van der Waals surface area (Å²) in [7, 11) is 0. The highest BCUT2D eigenvalue weighted by Crippen LogP contribution is 2.32. The van der Waals surface area contributed by atoms with Crippen LogP contribution in [0.4, 0.5) is 4.39 Å². The lowest BCUT2D eigenvalue weighted by molar-refractivity contribution is 0.0696. The van der Waals surface area contributed by atoms with E-state index in [4.69, 9.17) is 4.52 Å². The van der Waals surface area contributed by atoms with Gasteiger partial charge < -0.3 is 9.63 Å². The number of hydrogen-bond acceptors (Lipinski definition) is 4. The summed E-state index contributed by atoms with van der Waals surface area (Å²) in [6, 6.07) is 6.32. The second-order valence-electron chi connectivity index (χ2n) is 6.03. The topological polar surface area (TPSA) is 76.2 Å². The van der Waals surface area contributed by atoms with Gasteiger partial charge in [-0.1, -0.05) is 17.3 Å². The number of carboxylic acids is 1. The minimum absolute atomic E-state index is 0.0720. The molecule has 0 aliphatic heterocycles. The lowest BCUT2D eigenvalue weighted by Crippen LogP contribution is -2.05. The average Bonchev–Trinajstić information content (AvgIpc) is 3.00. The fourth-order valence-electron chi connectivity index (χ4n) is 2.93. The monoisotopic (exact) mass is 340 g/mol. The molecule has 3 rings (SSSR count). The molecule has 5 nitrogen and oxygen atoms in total. The van der Waals surface area contributed by atoms with Crippen molar-refractivity contribution in [3.05, 3.63) is 57.9 Å². The van der Waals surface area contributed by atoms with E-state index in [1.54, 1.807) is 32.0 Å². The molecular weight excluding hydrogens is 323 g/mol. The lowest BCUT2D eigenvalue weighted by Gasteiger charge is -2.12. The first-order valence-corrected chi connectivity index (χ1v) is 7.75. The highest BCUT2D eigenvalue weighted by molar-refractivity contribution is 5.92. The van der Waals surface area contributed by atoms with E-state index in [0.29, 0.717) is 16.7 Å². The number of carboxylic acid groups (broad SMARTS) is 1. The summed E-state index contributed by atoms with van der Waals surface area (Å²) in [6.07, 6.45) is 0. The SMILES string of the molecule is Cc1cc(C(=O)O)c(C)c(-c2noc(-c3c(C)cccc3F)n2)c1C. The molecule has 0 radical (unpaired) electrons. The molecule has 0 aliphatic carbocycles. The summed E-state index contributed by atoms with van der Waals surface area (Å²) in [4.78, 5) is 15.8. The summed E-state index contributed by atoms with van der Waals surface area (Å²) < 4.78 is 19.4. The quantitative estimate of drug-likeness (QED) is 0.761. The van der Waals surface area contributed by atoms with Crippen LogP contribution in [0.15, 0.2) is 28.8 Å². The summed E-state index contributed by atoms with van der Waals surface area (Å²) in [5, 5.41) is 13.4. The molecule has 0 fully saturated rings. The van der Waals surface area contributed by atoms with Crippen LogP contribution in [-0.4, -0.2) is 21.2 Å². The Hall–Kier alpha value is -3.02. The Kier molecular flexibility index (Phi) is 4.12. The first-order valence-electron chi connectivity index (χ1n) is 7.75. The molecule has 0 unspecified atom stereocenters. The van der Waals surface area contributed by atoms with Gasteiger partial charge in [0, 0.05) is 5.56 Å². The Morgan fingerprint density at radius 2 is 1.80 bits per heavy atom. The van der Waals surface area contributed by atoms with Gasteiger partial charge in [0.1, 0.15) is 5.82 Å². The van der Waals surface area contributed by atoms with Crippen molar-refractivity contribution in [1.29, 1.82) is 0 Å². The van der Waals surface area contributed by atoms with Crippen molar-refractivity contribution in [2.45, 2.75) is 27.7 Å². The minimum atomic E-state index is -1.02. The number of halogens is 1. The molecule has 2 aromatic carbocycles. The van der Waals surface area contributed by atoms with Gasteiger partial charge in [-0.25, -0.2) is 9.18 Å². The Balaban J connectivity index is 2.20. The minimum Gasteiger partial charge on any atom is -0.478 e. The van der Waals surface area contributed by atoms with Gasteiger partial charge >= 0.3 is 5.97 Å². The summed E-state index contributed by atoms with van der Waals surface area (Å²) in [6.45, 7) is 7.16. The fourth-order valence-corrected chi connectivity index (χ4v) is 2.93. The van der Waals surface area contributed by atoms with Crippen molar-refractivity contribution in [1.82, 2.24) is 10.1 Å². The Morgan fingerprint density at radius 3 is 2.44 bits per heavy atom. The third-order valence-corrected chi connectivity index (χ3v) is 4.42. The molecule has 0 amide bonds. The number of aryl methyl sites for hydroxylation is 2. The van der Waals surface area contributed by atoms with E-state index >= 15 is 0 Å². The summed E-state index contributed by atoms with van der Waals surface area (Å²) >= 11 is 0. The van der Waals surface area contributed by atoms with Crippen molar-refractivity contribution in [2.24, 2.45) is 0 Å². The molecule has 3 aromatic rings. The summed E-state index contributed by atoms with van der Waals surface area (Å²) in [5.41, 5.74) is 3.94. The van der Waals surface area contributed by atoms with Crippen LogP contribution >= 0.6 is 0 Å². The highest BCUT2D eigenvalue weighted by Gasteiger charge is 2.22. The molecule has 6 heteroatoms. The Morgan fingerprint density at radius 1 is 1.08 bits per heavy atom. The molecule has 0 saturated heterocycles. The van der Waals surface area contributed by atoms with Crippen molar-refractivity contribution in [2.75, 3.05) is 0 Å². The predicted octanol–water partition coefficient (Wildman–Crippen LogP) is 4.47. The van der Waals surface area contributed by atoms with Crippen LogP contribution in [-0.2, 0) is 0 Å². The van der Waals surface area contributed by atoms with Crippen molar-refractivity contribution < 1.29 is 18.8 Å². The summed E-state index contributed by atoms with van der Waals surface area (Å²) in [5.74, 6) is -1.14. The van der Waals surface area contributed by atoms with Gasteiger partial charge in [0.2, 0.25) is 5.82 Å². The van der Waals surface area contributed by atoms with Crippen LogP contribution in [0.5, 0.6) is 0 Å². The maximum atomic E-state index is 14.1. The fraction of sp³-hybridized carbons (Fsp3) is 0.211. The lowest BCUT2D eigenvalue weighted by atomic mass is 9.93.